The quantitative estimate of drug-likeness (QED) is 0.558. The number of fused-ring (bicyclic) bond motifs is 1. The minimum Gasteiger partial charge on any atom is -0.306 e. The smallest absolute Gasteiger partial charge is 0.244 e. The predicted molar refractivity (Wildman–Crippen MR) is 89.9 cm³/mol. The molecule has 0 unspecified atom stereocenters. The largest absolute Gasteiger partial charge is 0.306 e. The maximum atomic E-state index is 13.1. The molecule has 0 N–H and O–H groups in total. The first kappa shape index (κ1) is 16.3. The Kier molecular flexibility index (Phi) is 3.95. The van der Waals surface area contributed by atoms with Crippen molar-refractivity contribution >= 4 is 5.65 Å². The fourth-order valence-corrected chi connectivity index (χ4v) is 2.86. The third kappa shape index (κ3) is 2.94. The summed E-state index contributed by atoms with van der Waals surface area (Å²) in [5.74, 6) is -0.322. The number of pyridine rings is 1. The molecule has 0 saturated heterocycles. The number of imidazole rings is 1. The van der Waals surface area contributed by atoms with Crippen LogP contribution in [-0.4, -0.2) is 30.8 Å². The molecular weight excluding hydrogens is 343 g/mol. The van der Waals surface area contributed by atoms with Crippen LogP contribution in [0.3, 0.4) is 0 Å². The van der Waals surface area contributed by atoms with Crippen molar-refractivity contribution in [1.82, 2.24) is 24.4 Å². The van der Waals surface area contributed by atoms with Crippen molar-refractivity contribution < 1.29 is 13.2 Å². The van der Waals surface area contributed by atoms with Crippen LogP contribution in [0.4, 0.5) is 13.2 Å². The molecule has 0 saturated carbocycles. The summed E-state index contributed by atoms with van der Waals surface area (Å²) in [6, 6.07) is 9.53. The highest BCUT2D eigenvalue weighted by Crippen LogP contribution is 2.23. The van der Waals surface area contributed by atoms with E-state index in [1.54, 1.807) is 39.7 Å². The highest BCUT2D eigenvalue weighted by molar-refractivity contribution is 5.63. The van der Waals surface area contributed by atoms with Crippen molar-refractivity contribution in [3.05, 3.63) is 66.0 Å². The molecule has 4 rings (SSSR count). The van der Waals surface area contributed by atoms with E-state index >= 15 is 0 Å². The van der Waals surface area contributed by atoms with Crippen molar-refractivity contribution in [2.45, 2.75) is 19.8 Å². The Balaban J connectivity index is 1.72. The first-order chi connectivity index (χ1) is 12.5. The minimum atomic E-state index is -2.43. The van der Waals surface area contributed by atoms with Gasteiger partial charge in [0, 0.05) is 18.0 Å². The third-order valence-corrected chi connectivity index (χ3v) is 4.10. The van der Waals surface area contributed by atoms with Crippen molar-refractivity contribution in [2.75, 3.05) is 0 Å². The Labute approximate surface area is 146 Å². The summed E-state index contributed by atoms with van der Waals surface area (Å²) in [5, 5.41) is 8.35. The zero-order valence-electron chi connectivity index (χ0n) is 13.8. The van der Waals surface area contributed by atoms with Crippen molar-refractivity contribution in [2.24, 2.45) is 0 Å². The SMILES string of the molecule is Cc1c(-c2ccc3nc(CC(F)F)cn3c2)nnn1-c1ccc(F)cc1. The van der Waals surface area contributed by atoms with E-state index in [0.717, 1.165) is 11.3 Å². The summed E-state index contributed by atoms with van der Waals surface area (Å²) < 4.78 is 41.5. The topological polar surface area (TPSA) is 48.0 Å². The van der Waals surface area contributed by atoms with Gasteiger partial charge in [0.1, 0.15) is 17.2 Å². The van der Waals surface area contributed by atoms with Gasteiger partial charge in [-0.25, -0.2) is 22.8 Å². The molecule has 0 bridgehead atoms. The van der Waals surface area contributed by atoms with Crippen LogP contribution >= 0.6 is 0 Å². The van der Waals surface area contributed by atoms with Gasteiger partial charge in [-0.15, -0.1) is 5.10 Å². The Morgan fingerprint density at radius 1 is 1.04 bits per heavy atom. The number of aromatic nitrogens is 5. The number of halogens is 3. The van der Waals surface area contributed by atoms with E-state index in [4.69, 9.17) is 0 Å². The average molecular weight is 357 g/mol. The molecule has 0 fully saturated rings. The lowest BCUT2D eigenvalue weighted by molar-refractivity contribution is 0.148. The standard InChI is InChI=1S/C18H14F3N5/c1-11-18(23-24-26(11)15-5-3-13(19)4-6-15)12-2-7-17-22-14(8-16(20)21)10-25(17)9-12/h2-7,9-10,16H,8H2,1H3. The molecular formula is C18H14F3N5. The van der Waals surface area contributed by atoms with E-state index in [1.807, 2.05) is 13.0 Å². The second-order valence-electron chi connectivity index (χ2n) is 5.92. The van der Waals surface area contributed by atoms with E-state index < -0.39 is 6.43 Å². The fraction of sp³-hybridized carbons (Fsp3) is 0.167. The maximum absolute atomic E-state index is 13.1. The van der Waals surface area contributed by atoms with Gasteiger partial charge in [-0.3, -0.25) is 0 Å². The maximum Gasteiger partial charge on any atom is 0.244 e. The molecule has 0 atom stereocenters. The molecule has 3 heterocycles. The summed E-state index contributed by atoms with van der Waals surface area (Å²) in [6.07, 6.45) is 0.558. The summed E-state index contributed by atoms with van der Waals surface area (Å²) in [7, 11) is 0. The van der Waals surface area contributed by atoms with Crippen LogP contribution in [-0.2, 0) is 6.42 Å². The summed E-state index contributed by atoms with van der Waals surface area (Å²) in [5.41, 5.74) is 3.84. The third-order valence-electron chi connectivity index (χ3n) is 4.10. The molecule has 3 aromatic heterocycles. The molecule has 0 aliphatic carbocycles. The van der Waals surface area contributed by atoms with E-state index in [0.29, 0.717) is 22.7 Å². The van der Waals surface area contributed by atoms with Gasteiger partial charge >= 0.3 is 0 Å². The van der Waals surface area contributed by atoms with Crippen LogP contribution in [0, 0.1) is 12.7 Å². The number of hydrogen-bond donors (Lipinski definition) is 0. The molecule has 132 valence electrons. The van der Waals surface area contributed by atoms with Gasteiger partial charge in [0.05, 0.1) is 23.5 Å². The highest BCUT2D eigenvalue weighted by Gasteiger charge is 2.14. The van der Waals surface area contributed by atoms with Crippen molar-refractivity contribution in [1.29, 1.82) is 0 Å². The number of benzene rings is 1. The first-order valence-corrected chi connectivity index (χ1v) is 7.95. The van der Waals surface area contributed by atoms with E-state index in [-0.39, 0.29) is 12.2 Å². The molecule has 0 aliphatic rings. The Morgan fingerprint density at radius 3 is 2.54 bits per heavy atom. The molecule has 26 heavy (non-hydrogen) atoms. The fourth-order valence-electron chi connectivity index (χ4n) is 2.86. The normalized spacial score (nSPS) is 11.6. The zero-order valence-corrected chi connectivity index (χ0v) is 13.8. The lowest BCUT2D eigenvalue weighted by Crippen LogP contribution is -1.99. The van der Waals surface area contributed by atoms with Gasteiger partial charge in [-0.2, -0.15) is 0 Å². The second kappa shape index (κ2) is 6.29. The average Bonchev–Trinajstić information content (AvgIpc) is 3.17. The van der Waals surface area contributed by atoms with Crippen LogP contribution in [0.5, 0.6) is 0 Å². The molecule has 0 aliphatic heterocycles. The van der Waals surface area contributed by atoms with Crippen LogP contribution < -0.4 is 0 Å². The van der Waals surface area contributed by atoms with E-state index in [2.05, 4.69) is 15.3 Å². The first-order valence-electron chi connectivity index (χ1n) is 7.95. The summed E-state index contributed by atoms with van der Waals surface area (Å²) in [6.45, 7) is 1.86. The monoisotopic (exact) mass is 357 g/mol. The van der Waals surface area contributed by atoms with Crippen molar-refractivity contribution in [3.63, 3.8) is 0 Å². The Morgan fingerprint density at radius 2 is 1.81 bits per heavy atom. The summed E-state index contributed by atoms with van der Waals surface area (Å²) in [4.78, 5) is 4.18. The Bertz CT molecular complexity index is 1070. The zero-order chi connectivity index (χ0) is 18.3. The van der Waals surface area contributed by atoms with Gasteiger partial charge in [-0.1, -0.05) is 5.21 Å². The Hall–Kier alpha value is -3.16. The lowest BCUT2D eigenvalue weighted by Gasteiger charge is -2.04. The van der Waals surface area contributed by atoms with Gasteiger partial charge in [0.25, 0.3) is 0 Å². The predicted octanol–water partition coefficient (Wildman–Crippen LogP) is 3.84. The van der Waals surface area contributed by atoms with Gasteiger partial charge in [0.2, 0.25) is 6.43 Å². The molecule has 8 heteroatoms. The molecule has 0 spiro atoms. The van der Waals surface area contributed by atoms with Gasteiger partial charge in [0.15, 0.2) is 0 Å². The molecule has 0 amide bonds. The van der Waals surface area contributed by atoms with Crippen LogP contribution in [0.15, 0.2) is 48.8 Å². The highest BCUT2D eigenvalue weighted by atomic mass is 19.3. The number of alkyl halides is 2. The molecule has 1 aromatic carbocycles. The lowest BCUT2D eigenvalue weighted by atomic mass is 10.2. The van der Waals surface area contributed by atoms with E-state index in [9.17, 15) is 13.2 Å². The van der Waals surface area contributed by atoms with Gasteiger partial charge < -0.3 is 4.40 Å². The number of nitrogens with zero attached hydrogens (tertiary/aromatic N) is 5. The second-order valence-corrected chi connectivity index (χ2v) is 5.92. The number of rotatable bonds is 4. The van der Waals surface area contributed by atoms with Crippen LogP contribution in [0.1, 0.15) is 11.4 Å². The van der Waals surface area contributed by atoms with Crippen LogP contribution in [0.2, 0.25) is 0 Å². The van der Waals surface area contributed by atoms with E-state index in [1.165, 1.54) is 12.1 Å². The summed E-state index contributed by atoms with van der Waals surface area (Å²) >= 11 is 0. The van der Waals surface area contributed by atoms with Crippen LogP contribution in [0.25, 0.3) is 22.6 Å². The van der Waals surface area contributed by atoms with Crippen molar-refractivity contribution in [3.8, 4) is 16.9 Å². The minimum absolute atomic E-state index is 0.322. The van der Waals surface area contributed by atoms with Gasteiger partial charge in [-0.05, 0) is 43.3 Å². The molecule has 0 radical (unpaired) electrons. The molecule has 5 nitrogen and oxygen atoms in total. The number of hydrogen-bond acceptors (Lipinski definition) is 3. The molecule has 4 aromatic rings.